The number of nitro benzene ring substituents is 1. The second-order valence-corrected chi connectivity index (χ2v) is 5.47. The quantitative estimate of drug-likeness (QED) is 0.237. The van der Waals surface area contributed by atoms with Crippen LogP contribution in [0.25, 0.3) is 0 Å². The highest BCUT2D eigenvalue weighted by atomic mass is 127. The molecule has 0 saturated heterocycles. The molecule has 0 aliphatic heterocycles. The lowest BCUT2D eigenvalue weighted by atomic mass is 10.1. The topological polar surface area (TPSA) is 93.5 Å². The molecule has 1 saturated carbocycles. The number of halogens is 4. The van der Waals surface area contributed by atoms with Crippen LogP contribution in [0.3, 0.4) is 0 Å². The number of guanidine groups is 1. The maximum Gasteiger partial charge on any atom is 0.416 e. The van der Waals surface area contributed by atoms with Gasteiger partial charge in [-0.05, 0) is 24.5 Å². The van der Waals surface area contributed by atoms with Crippen molar-refractivity contribution in [1.82, 2.24) is 5.32 Å². The monoisotopic (exact) mass is 458 g/mol. The summed E-state index contributed by atoms with van der Waals surface area (Å²) in [5.41, 5.74) is 4.10. The van der Waals surface area contributed by atoms with E-state index in [1.807, 2.05) is 0 Å². The highest BCUT2D eigenvalue weighted by molar-refractivity contribution is 14.0. The zero-order chi connectivity index (χ0) is 17.0. The molecule has 24 heavy (non-hydrogen) atoms. The van der Waals surface area contributed by atoms with Gasteiger partial charge in [-0.15, -0.1) is 24.0 Å². The number of nitrogens with zero attached hydrogens (tertiary/aromatic N) is 2. The van der Waals surface area contributed by atoms with Crippen LogP contribution in [0.1, 0.15) is 36.8 Å². The predicted octanol–water partition coefficient (Wildman–Crippen LogP) is 3.58. The van der Waals surface area contributed by atoms with E-state index in [-0.39, 0.29) is 48.1 Å². The van der Waals surface area contributed by atoms with Gasteiger partial charge in [0.2, 0.25) is 0 Å². The fourth-order valence-corrected chi connectivity index (χ4v) is 2.54. The van der Waals surface area contributed by atoms with Crippen molar-refractivity contribution in [2.24, 2.45) is 10.7 Å². The Labute approximate surface area is 153 Å². The van der Waals surface area contributed by atoms with Gasteiger partial charge < -0.3 is 11.1 Å². The highest BCUT2D eigenvalue weighted by Crippen LogP contribution is 2.32. The third-order valence-corrected chi connectivity index (χ3v) is 3.65. The molecule has 134 valence electrons. The number of hydrogen-bond acceptors (Lipinski definition) is 3. The lowest BCUT2D eigenvalue weighted by molar-refractivity contribution is -0.385. The Morgan fingerprint density at radius 3 is 2.50 bits per heavy atom. The van der Waals surface area contributed by atoms with Gasteiger partial charge in [-0.1, -0.05) is 12.8 Å². The number of benzene rings is 1. The Morgan fingerprint density at radius 2 is 1.96 bits per heavy atom. The molecule has 1 aromatic rings. The second-order valence-electron chi connectivity index (χ2n) is 5.47. The van der Waals surface area contributed by atoms with Gasteiger partial charge >= 0.3 is 6.18 Å². The minimum atomic E-state index is -4.65. The fourth-order valence-electron chi connectivity index (χ4n) is 2.54. The van der Waals surface area contributed by atoms with E-state index in [1.165, 1.54) is 0 Å². The van der Waals surface area contributed by atoms with Crippen molar-refractivity contribution in [3.8, 4) is 0 Å². The van der Waals surface area contributed by atoms with E-state index in [1.54, 1.807) is 0 Å². The van der Waals surface area contributed by atoms with Gasteiger partial charge in [0.05, 0.1) is 17.0 Å². The number of rotatable bonds is 4. The van der Waals surface area contributed by atoms with Gasteiger partial charge in [0.25, 0.3) is 5.69 Å². The number of aliphatic imine (C=N–C) groups is 1. The molecule has 1 aliphatic rings. The standard InChI is InChI=1S/C14H17F3N4O2.HI/c15-14(16,17)10-5-9(6-12(7-10)21(22)23)8-19-13(18)20-11-3-1-2-4-11;/h5-7,11H,1-4,8H2,(H3,18,19,20);1H. The van der Waals surface area contributed by atoms with Gasteiger partial charge in [-0.3, -0.25) is 10.1 Å². The average Bonchev–Trinajstić information content (AvgIpc) is 2.96. The third kappa shape index (κ3) is 5.80. The second kappa shape index (κ2) is 8.49. The summed E-state index contributed by atoms with van der Waals surface area (Å²) in [6.07, 6.45) is -0.496. The Kier molecular flexibility index (Phi) is 7.24. The van der Waals surface area contributed by atoms with E-state index < -0.39 is 22.4 Å². The smallest absolute Gasteiger partial charge is 0.370 e. The number of alkyl halides is 3. The largest absolute Gasteiger partial charge is 0.416 e. The molecule has 3 N–H and O–H groups in total. The van der Waals surface area contributed by atoms with E-state index in [9.17, 15) is 23.3 Å². The van der Waals surface area contributed by atoms with Crippen molar-refractivity contribution in [2.75, 3.05) is 0 Å². The molecular formula is C14H18F3IN4O2. The highest BCUT2D eigenvalue weighted by Gasteiger charge is 2.32. The maximum atomic E-state index is 12.8. The zero-order valence-corrected chi connectivity index (χ0v) is 15.0. The van der Waals surface area contributed by atoms with Gasteiger partial charge in [0.15, 0.2) is 5.96 Å². The van der Waals surface area contributed by atoms with Crippen LogP contribution >= 0.6 is 24.0 Å². The van der Waals surface area contributed by atoms with E-state index in [0.29, 0.717) is 6.07 Å². The minimum absolute atomic E-state index is 0. The normalized spacial score (nSPS) is 15.9. The zero-order valence-electron chi connectivity index (χ0n) is 12.7. The van der Waals surface area contributed by atoms with Crippen LogP contribution in [0, 0.1) is 10.1 Å². The molecule has 0 heterocycles. The van der Waals surface area contributed by atoms with Crippen molar-refractivity contribution in [1.29, 1.82) is 0 Å². The summed E-state index contributed by atoms with van der Waals surface area (Å²) < 4.78 is 38.4. The number of hydrogen-bond donors (Lipinski definition) is 2. The molecular weight excluding hydrogens is 440 g/mol. The first-order valence-electron chi connectivity index (χ1n) is 7.17. The molecule has 10 heteroatoms. The van der Waals surface area contributed by atoms with E-state index >= 15 is 0 Å². The summed E-state index contributed by atoms with van der Waals surface area (Å²) in [4.78, 5) is 13.9. The lowest BCUT2D eigenvalue weighted by Gasteiger charge is -2.12. The third-order valence-electron chi connectivity index (χ3n) is 3.65. The van der Waals surface area contributed by atoms with Gasteiger partial charge in [-0.2, -0.15) is 13.2 Å². The molecule has 0 atom stereocenters. The Balaban J connectivity index is 0.00000288. The summed E-state index contributed by atoms with van der Waals surface area (Å²) in [5, 5.41) is 13.8. The molecule has 1 fully saturated rings. The molecule has 0 radical (unpaired) electrons. The molecule has 0 amide bonds. The average molecular weight is 458 g/mol. The van der Waals surface area contributed by atoms with E-state index in [2.05, 4.69) is 10.3 Å². The summed E-state index contributed by atoms with van der Waals surface area (Å²) in [6, 6.07) is 2.66. The first-order chi connectivity index (χ1) is 10.8. The number of nitrogens with two attached hydrogens (primary N) is 1. The molecule has 0 aromatic heterocycles. The van der Waals surface area contributed by atoms with E-state index in [0.717, 1.165) is 37.8 Å². The Hall–Kier alpha value is -1.59. The van der Waals surface area contributed by atoms with Gasteiger partial charge in [0, 0.05) is 18.2 Å². The molecule has 0 spiro atoms. The van der Waals surface area contributed by atoms with Crippen molar-refractivity contribution in [2.45, 2.75) is 44.4 Å². The van der Waals surface area contributed by atoms with E-state index in [4.69, 9.17) is 5.73 Å². The van der Waals surface area contributed by atoms with Crippen LogP contribution in [0.2, 0.25) is 0 Å². The van der Waals surface area contributed by atoms with Gasteiger partial charge in [0.1, 0.15) is 0 Å². The van der Waals surface area contributed by atoms with Crippen LogP contribution in [-0.2, 0) is 12.7 Å². The van der Waals surface area contributed by atoms with Crippen molar-refractivity contribution in [3.63, 3.8) is 0 Å². The molecule has 1 aliphatic carbocycles. The molecule has 0 unspecified atom stereocenters. The van der Waals surface area contributed by atoms with Crippen LogP contribution in [0.4, 0.5) is 18.9 Å². The lowest BCUT2D eigenvalue weighted by Crippen LogP contribution is -2.38. The SMILES string of the molecule is I.NC(=NCc1cc([N+](=O)[O-])cc(C(F)(F)F)c1)NC1CCCC1. The van der Waals surface area contributed by atoms with Crippen LogP contribution in [-0.4, -0.2) is 16.9 Å². The van der Waals surface area contributed by atoms with Crippen LogP contribution in [0.5, 0.6) is 0 Å². The van der Waals surface area contributed by atoms with Crippen molar-refractivity contribution >= 4 is 35.6 Å². The predicted molar refractivity (Wildman–Crippen MR) is 94.2 cm³/mol. The number of non-ortho nitro benzene ring substituents is 1. The minimum Gasteiger partial charge on any atom is -0.370 e. The molecule has 6 nitrogen and oxygen atoms in total. The first kappa shape index (κ1) is 20.5. The molecule has 2 rings (SSSR count). The van der Waals surface area contributed by atoms with Gasteiger partial charge in [-0.25, -0.2) is 4.99 Å². The molecule has 0 bridgehead atoms. The van der Waals surface area contributed by atoms with Crippen LogP contribution < -0.4 is 11.1 Å². The number of nitrogens with one attached hydrogen (secondary N) is 1. The maximum absolute atomic E-state index is 12.8. The van der Waals surface area contributed by atoms with Crippen molar-refractivity contribution < 1.29 is 18.1 Å². The summed E-state index contributed by atoms with van der Waals surface area (Å²) in [6.45, 7) is -0.156. The van der Waals surface area contributed by atoms with Crippen molar-refractivity contribution in [3.05, 3.63) is 39.4 Å². The van der Waals surface area contributed by atoms with Crippen LogP contribution in [0.15, 0.2) is 23.2 Å². The Bertz CT molecular complexity index is 617. The summed E-state index contributed by atoms with van der Waals surface area (Å²) in [5.74, 6) is 0.136. The fraction of sp³-hybridized carbons (Fsp3) is 0.500. The summed E-state index contributed by atoms with van der Waals surface area (Å²) >= 11 is 0. The molecule has 1 aromatic carbocycles. The first-order valence-corrected chi connectivity index (χ1v) is 7.17. The summed E-state index contributed by atoms with van der Waals surface area (Å²) in [7, 11) is 0. The number of nitro groups is 1. The Morgan fingerprint density at radius 1 is 1.33 bits per heavy atom.